The lowest BCUT2D eigenvalue weighted by molar-refractivity contribution is 0.0451. The molecule has 0 radical (unpaired) electrons. The molecule has 2 aromatic carbocycles. The van der Waals surface area contributed by atoms with E-state index in [1.54, 1.807) is 12.1 Å². The zero-order valence-electron chi connectivity index (χ0n) is 12.4. The first-order valence-corrected chi connectivity index (χ1v) is 7.11. The van der Waals surface area contributed by atoms with Crippen molar-refractivity contribution in [2.45, 2.75) is 12.5 Å². The van der Waals surface area contributed by atoms with Crippen molar-refractivity contribution in [1.29, 1.82) is 0 Å². The van der Waals surface area contributed by atoms with E-state index < -0.39 is 23.1 Å². The van der Waals surface area contributed by atoms with Gasteiger partial charge in [-0.2, -0.15) is 0 Å². The van der Waals surface area contributed by atoms with Gasteiger partial charge >= 0.3 is 0 Å². The predicted octanol–water partition coefficient (Wildman–Crippen LogP) is 3.70. The molecule has 120 valence electrons. The van der Waals surface area contributed by atoms with Crippen molar-refractivity contribution in [3.8, 4) is 5.75 Å². The third-order valence-electron chi connectivity index (χ3n) is 4.03. The van der Waals surface area contributed by atoms with E-state index in [0.29, 0.717) is 13.0 Å². The number of benzene rings is 2. The maximum absolute atomic E-state index is 14.1. The Hall–Kier alpha value is -2.50. The van der Waals surface area contributed by atoms with E-state index in [0.717, 1.165) is 11.6 Å². The van der Waals surface area contributed by atoms with Gasteiger partial charge in [0.25, 0.3) is 5.91 Å². The highest BCUT2D eigenvalue weighted by atomic mass is 19.2. The van der Waals surface area contributed by atoms with Gasteiger partial charge in [-0.25, -0.2) is 13.2 Å². The van der Waals surface area contributed by atoms with E-state index in [4.69, 9.17) is 4.74 Å². The van der Waals surface area contributed by atoms with Crippen molar-refractivity contribution in [1.82, 2.24) is 4.90 Å². The van der Waals surface area contributed by atoms with Crippen LogP contribution in [-0.4, -0.2) is 24.5 Å². The minimum absolute atomic E-state index is 0.0151. The summed E-state index contributed by atoms with van der Waals surface area (Å²) < 4.78 is 45.5. The van der Waals surface area contributed by atoms with Crippen LogP contribution in [0.4, 0.5) is 13.2 Å². The highest BCUT2D eigenvalue weighted by Crippen LogP contribution is 2.36. The molecule has 0 saturated carbocycles. The fourth-order valence-electron chi connectivity index (χ4n) is 2.71. The van der Waals surface area contributed by atoms with Crippen molar-refractivity contribution in [3.05, 3.63) is 65.0 Å². The Balaban J connectivity index is 1.92. The Morgan fingerprint density at radius 2 is 1.83 bits per heavy atom. The first-order chi connectivity index (χ1) is 11.0. The van der Waals surface area contributed by atoms with Gasteiger partial charge in [0, 0.05) is 6.54 Å². The number of hydrogen-bond donors (Lipinski definition) is 0. The van der Waals surface area contributed by atoms with E-state index in [1.807, 2.05) is 0 Å². The summed E-state index contributed by atoms with van der Waals surface area (Å²) in [7, 11) is 1.29. The number of hydrogen-bond acceptors (Lipinski definition) is 2. The molecule has 1 aliphatic heterocycles. The summed E-state index contributed by atoms with van der Waals surface area (Å²) in [4.78, 5) is 14.0. The van der Waals surface area contributed by atoms with Crippen LogP contribution in [0.25, 0.3) is 0 Å². The fraction of sp³-hybridized carbons (Fsp3) is 0.235. The lowest BCUT2D eigenvalue weighted by atomic mass is 9.93. The molecule has 2 aromatic rings. The third kappa shape index (κ3) is 2.65. The van der Waals surface area contributed by atoms with E-state index in [1.165, 1.54) is 30.2 Å². The molecule has 0 aliphatic carbocycles. The molecule has 0 N–H and O–H groups in total. The molecule has 0 aromatic heterocycles. The zero-order chi connectivity index (χ0) is 16.6. The SMILES string of the molecule is COc1ccc(F)c(F)c1C(=O)N1CC[C@@H]1c1ccc(F)cc1. The van der Waals surface area contributed by atoms with Crippen LogP contribution in [0.2, 0.25) is 0 Å². The molecule has 1 aliphatic rings. The molecule has 1 saturated heterocycles. The highest BCUT2D eigenvalue weighted by molar-refractivity contribution is 5.98. The van der Waals surface area contributed by atoms with Crippen LogP contribution in [0.15, 0.2) is 36.4 Å². The largest absolute Gasteiger partial charge is 0.496 e. The standard InChI is InChI=1S/C17H14F3NO2/c1-23-14-7-6-12(19)16(20)15(14)17(22)21-9-8-13(21)10-2-4-11(18)5-3-10/h2-7,13H,8-9H2,1H3/t13-/m1/s1. The lowest BCUT2D eigenvalue weighted by Crippen LogP contribution is -2.45. The van der Waals surface area contributed by atoms with Crippen molar-refractivity contribution < 1.29 is 22.7 Å². The van der Waals surface area contributed by atoms with Crippen LogP contribution in [-0.2, 0) is 0 Å². The number of halogens is 3. The molecule has 3 rings (SSSR count). The molecule has 1 fully saturated rings. The molecule has 0 unspecified atom stereocenters. The smallest absolute Gasteiger partial charge is 0.261 e. The molecular weight excluding hydrogens is 307 g/mol. The molecule has 6 heteroatoms. The number of amides is 1. The number of likely N-dealkylation sites (tertiary alicyclic amines) is 1. The van der Waals surface area contributed by atoms with Gasteiger partial charge in [0.1, 0.15) is 17.1 Å². The Morgan fingerprint density at radius 1 is 1.13 bits per heavy atom. The van der Waals surface area contributed by atoms with Crippen molar-refractivity contribution >= 4 is 5.91 Å². The third-order valence-corrected chi connectivity index (χ3v) is 4.03. The molecule has 0 bridgehead atoms. The summed E-state index contributed by atoms with van der Waals surface area (Å²) in [6.45, 7) is 0.417. The molecule has 23 heavy (non-hydrogen) atoms. The molecule has 1 atom stereocenters. The van der Waals surface area contributed by atoms with E-state index in [2.05, 4.69) is 0 Å². The van der Waals surface area contributed by atoms with Crippen LogP contribution < -0.4 is 4.74 Å². The molecule has 1 amide bonds. The predicted molar refractivity (Wildman–Crippen MR) is 77.7 cm³/mol. The first-order valence-electron chi connectivity index (χ1n) is 7.11. The van der Waals surface area contributed by atoms with Gasteiger partial charge in [-0.3, -0.25) is 4.79 Å². The quantitative estimate of drug-likeness (QED) is 0.863. The average Bonchev–Trinajstić information content (AvgIpc) is 2.50. The van der Waals surface area contributed by atoms with Gasteiger partial charge in [0.2, 0.25) is 0 Å². The number of methoxy groups -OCH3 is 1. The minimum Gasteiger partial charge on any atom is -0.496 e. The number of ether oxygens (including phenoxy) is 1. The zero-order valence-corrected chi connectivity index (χ0v) is 12.4. The summed E-state index contributed by atoms with van der Waals surface area (Å²) in [5.41, 5.74) is 0.334. The topological polar surface area (TPSA) is 29.5 Å². The van der Waals surface area contributed by atoms with Gasteiger partial charge in [0.05, 0.1) is 13.2 Å². The normalized spacial score (nSPS) is 16.9. The Labute approximate surface area is 131 Å². The maximum Gasteiger partial charge on any atom is 0.261 e. The van der Waals surface area contributed by atoms with Crippen LogP contribution >= 0.6 is 0 Å². The fourth-order valence-corrected chi connectivity index (χ4v) is 2.71. The summed E-state index contributed by atoms with van der Waals surface area (Å²) in [5.74, 6) is -3.35. The monoisotopic (exact) mass is 321 g/mol. The Morgan fingerprint density at radius 3 is 2.39 bits per heavy atom. The van der Waals surface area contributed by atoms with Gasteiger partial charge in [-0.1, -0.05) is 12.1 Å². The Bertz CT molecular complexity index is 746. The second-order valence-electron chi connectivity index (χ2n) is 5.29. The van der Waals surface area contributed by atoms with Crippen molar-refractivity contribution in [3.63, 3.8) is 0 Å². The molecular formula is C17H14F3NO2. The summed E-state index contributed by atoms with van der Waals surface area (Å²) in [6.07, 6.45) is 0.677. The molecule has 1 heterocycles. The Kier molecular flexibility index (Phi) is 3.98. The van der Waals surface area contributed by atoms with Gasteiger partial charge in [0.15, 0.2) is 11.6 Å². The minimum atomic E-state index is -1.22. The average molecular weight is 321 g/mol. The van der Waals surface area contributed by atoms with Crippen LogP contribution in [0.3, 0.4) is 0 Å². The summed E-state index contributed by atoms with van der Waals surface area (Å²) >= 11 is 0. The number of carbonyl (C=O) groups excluding carboxylic acids is 1. The first kappa shape index (κ1) is 15.4. The number of rotatable bonds is 3. The van der Waals surface area contributed by atoms with Gasteiger partial charge in [-0.15, -0.1) is 0 Å². The van der Waals surface area contributed by atoms with Crippen LogP contribution in [0, 0.1) is 17.5 Å². The number of carbonyl (C=O) groups is 1. The van der Waals surface area contributed by atoms with E-state index in [-0.39, 0.29) is 17.6 Å². The maximum atomic E-state index is 14.1. The van der Waals surface area contributed by atoms with E-state index >= 15 is 0 Å². The van der Waals surface area contributed by atoms with Crippen molar-refractivity contribution in [2.24, 2.45) is 0 Å². The second kappa shape index (κ2) is 5.95. The van der Waals surface area contributed by atoms with Gasteiger partial charge < -0.3 is 9.64 Å². The second-order valence-corrected chi connectivity index (χ2v) is 5.29. The molecule has 0 spiro atoms. The van der Waals surface area contributed by atoms with Crippen LogP contribution in [0.5, 0.6) is 5.75 Å². The van der Waals surface area contributed by atoms with Crippen LogP contribution in [0.1, 0.15) is 28.4 Å². The molecule has 3 nitrogen and oxygen atoms in total. The summed E-state index contributed by atoms with van der Waals surface area (Å²) in [5, 5.41) is 0. The number of nitrogens with zero attached hydrogens (tertiary/aromatic N) is 1. The lowest BCUT2D eigenvalue weighted by Gasteiger charge is -2.41. The van der Waals surface area contributed by atoms with Gasteiger partial charge in [-0.05, 0) is 36.2 Å². The highest BCUT2D eigenvalue weighted by Gasteiger charge is 2.36. The van der Waals surface area contributed by atoms with Crippen molar-refractivity contribution in [2.75, 3.05) is 13.7 Å². The van der Waals surface area contributed by atoms with E-state index in [9.17, 15) is 18.0 Å². The summed E-state index contributed by atoms with van der Waals surface area (Å²) in [6, 6.07) is 7.63.